The fourth-order valence-electron chi connectivity index (χ4n) is 2.31. The zero-order chi connectivity index (χ0) is 16.1. The number of methoxy groups -OCH3 is 1. The van der Waals surface area contributed by atoms with Gasteiger partial charge in [-0.3, -0.25) is 4.90 Å². The Balaban J connectivity index is 1.72. The molecule has 0 radical (unpaired) electrons. The zero-order valence-corrected chi connectivity index (χ0v) is 12.7. The number of hydrogen-bond donors (Lipinski definition) is 0. The minimum Gasteiger partial charge on any atom is -0.468 e. The normalized spacial score (nSPS) is 11.0. The van der Waals surface area contributed by atoms with Gasteiger partial charge in [0.1, 0.15) is 17.3 Å². The van der Waals surface area contributed by atoms with Crippen LogP contribution in [0.3, 0.4) is 0 Å². The Kier molecular flexibility index (Phi) is 4.63. The van der Waals surface area contributed by atoms with Crippen LogP contribution in [0.5, 0.6) is 0 Å². The third kappa shape index (κ3) is 3.92. The van der Waals surface area contributed by atoms with Crippen LogP contribution < -0.4 is 0 Å². The fourth-order valence-corrected chi connectivity index (χ4v) is 2.31. The Morgan fingerprint density at radius 3 is 2.09 bits per heavy atom. The van der Waals surface area contributed by atoms with Gasteiger partial charge in [0.15, 0.2) is 0 Å². The molecule has 23 heavy (non-hydrogen) atoms. The molecule has 0 saturated heterocycles. The van der Waals surface area contributed by atoms with E-state index in [0.717, 1.165) is 11.5 Å². The molecule has 3 heterocycles. The minimum atomic E-state index is -0.486. The van der Waals surface area contributed by atoms with Gasteiger partial charge in [0, 0.05) is 0 Å². The Hall–Kier alpha value is -2.73. The number of ether oxygens (including phenoxy) is 1. The molecule has 0 aliphatic heterocycles. The summed E-state index contributed by atoms with van der Waals surface area (Å²) < 4.78 is 21.0. The van der Waals surface area contributed by atoms with Crippen LogP contribution in [0.2, 0.25) is 0 Å². The summed E-state index contributed by atoms with van der Waals surface area (Å²) in [5, 5.41) is 0. The summed E-state index contributed by atoms with van der Waals surface area (Å²) in [5.74, 6) is 2.06. The lowest BCUT2D eigenvalue weighted by atomic mass is 10.3. The fraction of sp³-hybridized carbons (Fsp3) is 0.235. The highest BCUT2D eigenvalue weighted by atomic mass is 16.5. The van der Waals surface area contributed by atoms with E-state index in [1.807, 2.05) is 24.3 Å². The first-order valence-corrected chi connectivity index (χ1v) is 7.19. The quantitative estimate of drug-likeness (QED) is 0.622. The van der Waals surface area contributed by atoms with Crippen molar-refractivity contribution in [1.82, 2.24) is 4.90 Å². The lowest BCUT2D eigenvalue weighted by molar-refractivity contribution is 0.0560. The molecule has 0 saturated carbocycles. The first-order valence-electron chi connectivity index (χ1n) is 7.19. The lowest BCUT2D eigenvalue weighted by Crippen LogP contribution is -2.21. The van der Waals surface area contributed by atoms with Crippen molar-refractivity contribution >= 4 is 5.97 Å². The summed E-state index contributed by atoms with van der Waals surface area (Å²) in [6.45, 7) is 1.71. The molecular formula is C17H17NO5. The number of hydrogen-bond acceptors (Lipinski definition) is 6. The van der Waals surface area contributed by atoms with Crippen LogP contribution in [-0.4, -0.2) is 18.0 Å². The van der Waals surface area contributed by atoms with Crippen LogP contribution in [-0.2, 0) is 24.4 Å². The van der Waals surface area contributed by atoms with Crippen LogP contribution in [0.1, 0.15) is 27.8 Å². The van der Waals surface area contributed by atoms with Gasteiger partial charge in [-0.2, -0.15) is 0 Å². The van der Waals surface area contributed by atoms with Crippen molar-refractivity contribution in [3.63, 3.8) is 0 Å². The summed E-state index contributed by atoms with van der Waals surface area (Å²) in [5.41, 5.74) is 0. The van der Waals surface area contributed by atoms with Gasteiger partial charge in [0.25, 0.3) is 0 Å². The highest BCUT2D eigenvalue weighted by Crippen LogP contribution is 2.17. The van der Waals surface area contributed by atoms with E-state index in [0.29, 0.717) is 25.4 Å². The molecule has 0 N–H and O–H groups in total. The van der Waals surface area contributed by atoms with Crippen LogP contribution in [0, 0.1) is 0 Å². The molecule has 6 heteroatoms. The monoisotopic (exact) mass is 315 g/mol. The molecule has 3 aromatic heterocycles. The van der Waals surface area contributed by atoms with Gasteiger partial charge >= 0.3 is 5.97 Å². The molecule has 0 aromatic carbocycles. The number of furan rings is 3. The van der Waals surface area contributed by atoms with Crippen LogP contribution in [0.4, 0.5) is 0 Å². The van der Waals surface area contributed by atoms with E-state index in [9.17, 15) is 4.79 Å². The second-order valence-electron chi connectivity index (χ2n) is 5.06. The average molecular weight is 315 g/mol. The molecule has 120 valence electrons. The van der Waals surface area contributed by atoms with Crippen molar-refractivity contribution < 1.29 is 22.8 Å². The van der Waals surface area contributed by atoms with E-state index in [-0.39, 0.29) is 5.76 Å². The molecule has 0 aliphatic carbocycles. The molecule has 0 amide bonds. The van der Waals surface area contributed by atoms with Gasteiger partial charge in [0.2, 0.25) is 5.76 Å². The van der Waals surface area contributed by atoms with Gasteiger partial charge < -0.3 is 18.0 Å². The first-order chi connectivity index (χ1) is 11.2. The molecule has 0 spiro atoms. The first kappa shape index (κ1) is 15.2. The maximum absolute atomic E-state index is 11.5. The molecule has 0 unspecified atom stereocenters. The molecule has 0 bridgehead atoms. The van der Waals surface area contributed by atoms with Crippen molar-refractivity contribution in [2.75, 3.05) is 7.11 Å². The molecule has 0 aliphatic rings. The highest BCUT2D eigenvalue weighted by molar-refractivity contribution is 5.86. The van der Waals surface area contributed by atoms with E-state index in [1.54, 1.807) is 24.7 Å². The number of nitrogens with zero attached hydrogens (tertiary/aromatic N) is 1. The smallest absolute Gasteiger partial charge is 0.373 e. The summed E-state index contributed by atoms with van der Waals surface area (Å²) >= 11 is 0. The van der Waals surface area contributed by atoms with E-state index >= 15 is 0 Å². The SMILES string of the molecule is COC(=O)c1ccc(CN(Cc2ccco2)Cc2ccco2)o1. The number of rotatable bonds is 7. The predicted molar refractivity (Wildman–Crippen MR) is 80.4 cm³/mol. The molecule has 3 aromatic rings. The van der Waals surface area contributed by atoms with E-state index in [1.165, 1.54) is 7.11 Å². The molecule has 0 atom stereocenters. The summed E-state index contributed by atoms with van der Waals surface area (Å²) in [4.78, 5) is 13.6. The summed E-state index contributed by atoms with van der Waals surface area (Å²) in [7, 11) is 1.32. The average Bonchev–Trinajstić information content (AvgIpc) is 3.28. The minimum absolute atomic E-state index is 0.193. The van der Waals surface area contributed by atoms with Gasteiger partial charge in [-0.25, -0.2) is 4.79 Å². The summed E-state index contributed by atoms with van der Waals surface area (Å²) in [6, 6.07) is 10.9. The molecular weight excluding hydrogens is 298 g/mol. The maximum Gasteiger partial charge on any atom is 0.373 e. The van der Waals surface area contributed by atoms with E-state index < -0.39 is 5.97 Å². The Labute approximate surface area is 133 Å². The zero-order valence-electron chi connectivity index (χ0n) is 12.7. The number of esters is 1. The summed E-state index contributed by atoms with van der Waals surface area (Å²) in [6.07, 6.45) is 3.28. The van der Waals surface area contributed by atoms with Crippen molar-refractivity contribution in [2.45, 2.75) is 19.6 Å². The van der Waals surface area contributed by atoms with Crippen molar-refractivity contribution in [3.05, 3.63) is 72.0 Å². The van der Waals surface area contributed by atoms with Crippen molar-refractivity contribution in [2.24, 2.45) is 0 Å². The maximum atomic E-state index is 11.5. The molecule has 3 rings (SSSR count). The van der Waals surface area contributed by atoms with Crippen molar-refractivity contribution in [3.8, 4) is 0 Å². The standard InChI is InChI=1S/C17H17NO5/c1-20-17(19)16-7-6-15(23-16)12-18(10-13-4-2-8-21-13)11-14-5-3-9-22-14/h2-9H,10-12H2,1H3. The molecule has 0 fully saturated rings. The van der Waals surface area contributed by atoms with Crippen LogP contribution in [0.25, 0.3) is 0 Å². The topological polar surface area (TPSA) is 69.0 Å². The lowest BCUT2D eigenvalue weighted by Gasteiger charge is -2.18. The third-order valence-corrected chi connectivity index (χ3v) is 3.35. The third-order valence-electron chi connectivity index (χ3n) is 3.35. The largest absolute Gasteiger partial charge is 0.468 e. The Morgan fingerprint density at radius 2 is 1.57 bits per heavy atom. The van der Waals surface area contributed by atoms with Crippen LogP contribution in [0.15, 0.2) is 62.2 Å². The van der Waals surface area contributed by atoms with E-state index in [4.69, 9.17) is 13.3 Å². The Bertz CT molecular complexity index is 691. The number of carbonyl (C=O) groups is 1. The number of carbonyl (C=O) groups excluding carboxylic acids is 1. The van der Waals surface area contributed by atoms with Gasteiger partial charge in [-0.05, 0) is 36.4 Å². The van der Waals surface area contributed by atoms with E-state index in [2.05, 4.69) is 9.64 Å². The predicted octanol–water partition coefficient (Wildman–Crippen LogP) is 3.45. The second-order valence-corrected chi connectivity index (χ2v) is 5.06. The Morgan fingerprint density at radius 1 is 0.957 bits per heavy atom. The van der Waals surface area contributed by atoms with Gasteiger partial charge in [-0.1, -0.05) is 0 Å². The molecule has 6 nitrogen and oxygen atoms in total. The van der Waals surface area contributed by atoms with Crippen LogP contribution >= 0.6 is 0 Å². The second kappa shape index (κ2) is 7.02. The van der Waals surface area contributed by atoms with Gasteiger partial charge in [0.05, 0.1) is 39.3 Å². The van der Waals surface area contributed by atoms with Gasteiger partial charge in [-0.15, -0.1) is 0 Å². The highest BCUT2D eigenvalue weighted by Gasteiger charge is 2.16. The van der Waals surface area contributed by atoms with Crippen molar-refractivity contribution in [1.29, 1.82) is 0 Å².